The van der Waals surface area contributed by atoms with Gasteiger partial charge in [-0.05, 0) is 56.5 Å². The number of nitrogens with one attached hydrogen (secondary N) is 1. The molecule has 0 atom stereocenters. The van der Waals surface area contributed by atoms with Gasteiger partial charge in [0.1, 0.15) is 0 Å². The molecule has 0 aliphatic carbocycles. The maximum absolute atomic E-state index is 12.0. The van der Waals surface area contributed by atoms with Gasteiger partial charge in [-0.1, -0.05) is 35.4 Å². The second-order valence-corrected chi connectivity index (χ2v) is 6.22. The minimum Gasteiger partial charge on any atom is -0.325 e. The molecule has 0 saturated carbocycles. The zero-order valence-corrected chi connectivity index (χ0v) is 12.4. The largest absolute Gasteiger partial charge is 0.325 e. The molecule has 1 heterocycles. The van der Waals surface area contributed by atoms with Crippen molar-refractivity contribution in [3.63, 3.8) is 0 Å². The van der Waals surface area contributed by atoms with Crippen LogP contribution in [0.4, 0.5) is 5.69 Å². The van der Waals surface area contributed by atoms with Crippen LogP contribution in [0.15, 0.2) is 36.4 Å². The molecule has 0 fully saturated rings. The maximum atomic E-state index is 12.0. The summed E-state index contributed by atoms with van der Waals surface area (Å²) < 4.78 is 0. The predicted octanol–water partition coefficient (Wildman–Crippen LogP) is 4.20. The van der Waals surface area contributed by atoms with Crippen LogP contribution < -0.4 is 5.32 Å². The van der Waals surface area contributed by atoms with E-state index in [0.29, 0.717) is 0 Å². The van der Waals surface area contributed by atoms with Crippen LogP contribution in [0, 0.1) is 13.8 Å². The lowest BCUT2D eigenvalue weighted by atomic mass is 9.84. The van der Waals surface area contributed by atoms with Crippen molar-refractivity contribution in [3.8, 4) is 11.1 Å². The summed E-state index contributed by atoms with van der Waals surface area (Å²) in [5, 5.41) is 2.95. The molecule has 0 unspecified atom stereocenters. The Morgan fingerprint density at radius 3 is 2.20 bits per heavy atom. The third-order valence-corrected chi connectivity index (χ3v) is 4.06. The van der Waals surface area contributed by atoms with Crippen LogP contribution in [0.25, 0.3) is 11.1 Å². The molecule has 1 aliphatic rings. The number of aryl methyl sites for hydroxylation is 2. The van der Waals surface area contributed by atoms with Crippen LogP contribution in [-0.2, 0) is 10.2 Å². The third-order valence-electron chi connectivity index (χ3n) is 4.06. The Kier molecular flexibility index (Phi) is 2.72. The van der Waals surface area contributed by atoms with Crippen molar-refractivity contribution < 1.29 is 4.79 Å². The van der Waals surface area contributed by atoms with Gasteiger partial charge >= 0.3 is 0 Å². The SMILES string of the molecule is Cc1cc(C)cc(-c2ccc3c(c2)C(C)(C)C(=O)N3)c1. The molecule has 0 spiro atoms. The van der Waals surface area contributed by atoms with E-state index >= 15 is 0 Å². The van der Waals surface area contributed by atoms with Crippen molar-refractivity contribution >= 4 is 11.6 Å². The Hall–Kier alpha value is -2.09. The van der Waals surface area contributed by atoms with Gasteiger partial charge in [0.2, 0.25) is 5.91 Å². The monoisotopic (exact) mass is 265 g/mol. The molecular formula is C18H19NO. The van der Waals surface area contributed by atoms with Crippen LogP contribution in [0.5, 0.6) is 0 Å². The molecule has 0 bridgehead atoms. The van der Waals surface area contributed by atoms with Gasteiger partial charge in [-0.3, -0.25) is 4.79 Å². The molecule has 0 radical (unpaired) electrons. The second-order valence-electron chi connectivity index (χ2n) is 6.22. The minimum absolute atomic E-state index is 0.0741. The van der Waals surface area contributed by atoms with Crippen LogP contribution in [0.2, 0.25) is 0 Å². The Bertz CT molecular complexity index is 693. The highest BCUT2D eigenvalue weighted by Crippen LogP contribution is 2.39. The minimum atomic E-state index is -0.454. The smallest absolute Gasteiger partial charge is 0.234 e. The highest BCUT2D eigenvalue weighted by Gasteiger charge is 2.38. The first-order valence-corrected chi connectivity index (χ1v) is 6.92. The Morgan fingerprint density at radius 2 is 1.55 bits per heavy atom. The van der Waals surface area contributed by atoms with Gasteiger partial charge in [-0.25, -0.2) is 0 Å². The second kappa shape index (κ2) is 4.20. The lowest BCUT2D eigenvalue weighted by molar-refractivity contribution is -0.119. The molecule has 2 aromatic carbocycles. The third kappa shape index (κ3) is 1.92. The van der Waals surface area contributed by atoms with E-state index in [1.165, 1.54) is 22.3 Å². The lowest BCUT2D eigenvalue weighted by Crippen LogP contribution is -2.26. The molecule has 0 aromatic heterocycles. The summed E-state index contributed by atoms with van der Waals surface area (Å²) >= 11 is 0. The van der Waals surface area contributed by atoms with Gasteiger partial charge in [-0.2, -0.15) is 0 Å². The summed E-state index contributed by atoms with van der Waals surface area (Å²) in [4.78, 5) is 12.0. The first-order valence-electron chi connectivity index (χ1n) is 6.92. The van der Waals surface area contributed by atoms with Crippen molar-refractivity contribution in [1.29, 1.82) is 0 Å². The molecule has 0 saturated heterocycles. The van der Waals surface area contributed by atoms with Gasteiger partial charge in [0, 0.05) is 5.69 Å². The molecule has 2 nitrogen and oxygen atoms in total. The fourth-order valence-electron chi connectivity index (χ4n) is 2.89. The van der Waals surface area contributed by atoms with E-state index in [0.717, 1.165) is 11.3 Å². The van der Waals surface area contributed by atoms with Crippen molar-refractivity contribution in [1.82, 2.24) is 0 Å². The average molecular weight is 265 g/mol. The first kappa shape index (κ1) is 12.9. The normalized spacial score (nSPS) is 15.9. The van der Waals surface area contributed by atoms with E-state index in [1.54, 1.807) is 0 Å². The Balaban J connectivity index is 2.14. The molecule has 2 aromatic rings. The molecule has 20 heavy (non-hydrogen) atoms. The number of hydrogen-bond acceptors (Lipinski definition) is 1. The van der Waals surface area contributed by atoms with Gasteiger partial charge in [0.05, 0.1) is 5.41 Å². The molecule has 102 valence electrons. The maximum Gasteiger partial charge on any atom is 0.234 e. The Labute approximate surface area is 119 Å². The summed E-state index contributed by atoms with van der Waals surface area (Å²) in [5.41, 5.74) is 6.46. The first-order chi connectivity index (χ1) is 9.38. The Morgan fingerprint density at radius 1 is 0.900 bits per heavy atom. The summed E-state index contributed by atoms with van der Waals surface area (Å²) in [6.07, 6.45) is 0. The number of amides is 1. The molecular weight excluding hydrogens is 246 g/mol. The molecule has 2 heteroatoms. The summed E-state index contributed by atoms with van der Waals surface area (Å²) in [6, 6.07) is 12.8. The van der Waals surface area contributed by atoms with Crippen LogP contribution in [-0.4, -0.2) is 5.91 Å². The predicted molar refractivity (Wildman–Crippen MR) is 83.0 cm³/mol. The number of carbonyl (C=O) groups is 1. The van der Waals surface area contributed by atoms with Gasteiger partial charge in [-0.15, -0.1) is 0 Å². The van der Waals surface area contributed by atoms with E-state index < -0.39 is 5.41 Å². The number of hydrogen-bond donors (Lipinski definition) is 1. The van der Waals surface area contributed by atoms with Crippen molar-refractivity contribution in [3.05, 3.63) is 53.1 Å². The number of carbonyl (C=O) groups excluding carboxylic acids is 1. The summed E-state index contributed by atoms with van der Waals surface area (Å²) in [6.45, 7) is 8.16. The number of anilines is 1. The van der Waals surface area contributed by atoms with Crippen molar-refractivity contribution in [2.45, 2.75) is 33.1 Å². The number of fused-ring (bicyclic) bond motifs is 1. The van der Waals surface area contributed by atoms with E-state index in [1.807, 2.05) is 19.9 Å². The standard InChI is InChI=1S/C18H19NO/c1-11-7-12(2)9-14(8-11)13-5-6-16-15(10-13)18(3,4)17(20)19-16/h5-10H,1-4H3,(H,19,20). The summed E-state index contributed by atoms with van der Waals surface area (Å²) in [5.74, 6) is 0.0741. The highest BCUT2D eigenvalue weighted by molar-refractivity contribution is 6.06. The van der Waals surface area contributed by atoms with E-state index in [9.17, 15) is 4.79 Å². The topological polar surface area (TPSA) is 29.1 Å². The fourth-order valence-corrected chi connectivity index (χ4v) is 2.89. The van der Waals surface area contributed by atoms with Crippen LogP contribution in [0.3, 0.4) is 0 Å². The van der Waals surface area contributed by atoms with Crippen LogP contribution >= 0.6 is 0 Å². The van der Waals surface area contributed by atoms with E-state index in [2.05, 4.69) is 49.5 Å². The molecule has 3 rings (SSSR count). The van der Waals surface area contributed by atoms with Crippen molar-refractivity contribution in [2.24, 2.45) is 0 Å². The average Bonchev–Trinajstić information content (AvgIpc) is 2.59. The summed E-state index contributed by atoms with van der Waals surface area (Å²) in [7, 11) is 0. The zero-order chi connectivity index (χ0) is 14.5. The van der Waals surface area contributed by atoms with Gasteiger partial charge < -0.3 is 5.32 Å². The van der Waals surface area contributed by atoms with Crippen LogP contribution in [0.1, 0.15) is 30.5 Å². The molecule has 1 N–H and O–H groups in total. The zero-order valence-electron chi connectivity index (χ0n) is 12.4. The molecule has 1 aliphatic heterocycles. The quantitative estimate of drug-likeness (QED) is 0.822. The van der Waals surface area contributed by atoms with Crippen molar-refractivity contribution in [2.75, 3.05) is 5.32 Å². The highest BCUT2D eigenvalue weighted by atomic mass is 16.2. The van der Waals surface area contributed by atoms with E-state index in [-0.39, 0.29) is 5.91 Å². The van der Waals surface area contributed by atoms with Gasteiger partial charge in [0.15, 0.2) is 0 Å². The van der Waals surface area contributed by atoms with Gasteiger partial charge in [0.25, 0.3) is 0 Å². The number of rotatable bonds is 1. The lowest BCUT2D eigenvalue weighted by Gasteiger charge is -2.16. The fraction of sp³-hybridized carbons (Fsp3) is 0.278. The van der Waals surface area contributed by atoms with E-state index in [4.69, 9.17) is 0 Å². The number of benzene rings is 2. The molecule has 1 amide bonds.